The highest BCUT2D eigenvalue weighted by Gasteiger charge is 2.47. The fourth-order valence-electron chi connectivity index (χ4n) is 4.97. The Hall–Kier alpha value is -3.72. The minimum Gasteiger partial charge on any atom is -0.454 e. The average molecular weight is 516 g/mol. The molecule has 0 unspecified atom stereocenters. The van der Waals surface area contributed by atoms with Crippen LogP contribution in [-0.2, 0) is 12.8 Å². The topological polar surface area (TPSA) is 101 Å². The molecule has 186 valence electrons. The van der Waals surface area contributed by atoms with Gasteiger partial charge in [-0.3, -0.25) is 4.79 Å². The second-order valence-corrected chi connectivity index (χ2v) is 10.0. The van der Waals surface area contributed by atoms with Crippen molar-refractivity contribution in [3.63, 3.8) is 0 Å². The highest BCUT2D eigenvalue weighted by molar-refractivity contribution is 7.16. The van der Waals surface area contributed by atoms with E-state index in [1.165, 1.54) is 17.4 Å². The maximum atomic E-state index is 14.0. The molecule has 2 N–H and O–H groups in total. The van der Waals surface area contributed by atoms with Crippen molar-refractivity contribution in [2.45, 2.75) is 50.4 Å². The Kier molecular flexibility index (Phi) is 5.33. The van der Waals surface area contributed by atoms with Crippen molar-refractivity contribution in [3.8, 4) is 17.6 Å². The number of anilines is 2. The zero-order valence-corrected chi connectivity index (χ0v) is 19.6. The first kappa shape index (κ1) is 22.7. The smallest absolute Gasteiger partial charge is 0.410 e. The Morgan fingerprint density at radius 2 is 2.03 bits per heavy atom. The zero-order valence-electron chi connectivity index (χ0n) is 18.8. The number of aromatic nitrogens is 2. The molecule has 0 radical (unpaired) electrons. The first-order valence-corrected chi connectivity index (χ1v) is 12.3. The molecule has 0 bridgehead atoms. The summed E-state index contributed by atoms with van der Waals surface area (Å²) in [5.74, 6) is 0.443. The Morgan fingerprint density at radius 1 is 1.22 bits per heavy atom. The largest absolute Gasteiger partial charge is 0.454 e. The number of thiophene rings is 1. The summed E-state index contributed by atoms with van der Waals surface area (Å²) in [6.07, 6.45) is -1.26. The molecule has 0 saturated heterocycles. The van der Waals surface area contributed by atoms with Crippen LogP contribution < -0.4 is 20.1 Å². The van der Waals surface area contributed by atoms with E-state index in [2.05, 4.69) is 21.8 Å². The lowest BCUT2D eigenvalue weighted by Crippen LogP contribution is -2.35. The number of nitrogens with zero attached hydrogens (tertiary/aromatic N) is 3. The summed E-state index contributed by atoms with van der Waals surface area (Å²) in [7, 11) is 0. The number of fused-ring (bicyclic) bond motifs is 3. The van der Waals surface area contributed by atoms with E-state index in [-0.39, 0.29) is 24.7 Å². The lowest BCUT2D eigenvalue weighted by Gasteiger charge is -2.33. The number of aryl methyl sites for hydroxylation is 1. The molecule has 1 amide bonds. The highest BCUT2D eigenvalue weighted by Crippen LogP contribution is 2.45. The van der Waals surface area contributed by atoms with Crippen molar-refractivity contribution < 1.29 is 27.4 Å². The van der Waals surface area contributed by atoms with Crippen LogP contribution in [0.25, 0.3) is 0 Å². The lowest BCUT2D eigenvalue weighted by atomic mass is 9.96. The number of ether oxygens (including phenoxy) is 2. The number of rotatable bonds is 3. The molecule has 2 atom stereocenters. The minimum absolute atomic E-state index is 0.0635. The highest BCUT2D eigenvalue weighted by atomic mass is 32.1. The van der Waals surface area contributed by atoms with Gasteiger partial charge in [-0.15, -0.1) is 11.3 Å². The summed E-state index contributed by atoms with van der Waals surface area (Å²) < 4.78 is 53.6. The Labute approximate surface area is 207 Å². The predicted octanol–water partition coefficient (Wildman–Crippen LogP) is 5.34. The number of halogens is 3. The van der Waals surface area contributed by atoms with E-state index in [9.17, 15) is 23.2 Å². The van der Waals surface area contributed by atoms with Crippen LogP contribution in [0.3, 0.4) is 0 Å². The van der Waals surface area contributed by atoms with Gasteiger partial charge in [-0.1, -0.05) is 6.07 Å². The first-order chi connectivity index (χ1) is 17.3. The van der Waals surface area contributed by atoms with E-state index in [0.717, 1.165) is 40.8 Å². The van der Waals surface area contributed by atoms with Crippen molar-refractivity contribution in [2.24, 2.45) is 0 Å². The van der Waals surface area contributed by atoms with Crippen molar-refractivity contribution in [3.05, 3.63) is 51.5 Å². The Balaban J connectivity index is 1.30. The average Bonchev–Trinajstić information content (AvgIpc) is 3.58. The predicted molar refractivity (Wildman–Crippen MR) is 124 cm³/mol. The van der Waals surface area contributed by atoms with Gasteiger partial charge in [-0.05, 0) is 48.9 Å². The molecule has 8 nitrogen and oxygen atoms in total. The summed E-state index contributed by atoms with van der Waals surface area (Å²) in [4.78, 5) is 14.1. The number of hydrogen-bond acceptors (Lipinski definition) is 7. The van der Waals surface area contributed by atoms with E-state index in [0.29, 0.717) is 27.6 Å². The quantitative estimate of drug-likeness (QED) is 0.489. The molecular weight excluding hydrogens is 495 g/mol. The summed E-state index contributed by atoms with van der Waals surface area (Å²) in [6.45, 7) is 0.0635. The Bertz CT molecular complexity index is 1410. The van der Waals surface area contributed by atoms with Crippen LogP contribution in [0.15, 0.2) is 24.3 Å². The van der Waals surface area contributed by atoms with Gasteiger partial charge >= 0.3 is 6.18 Å². The second-order valence-electron chi connectivity index (χ2n) is 8.94. The molecule has 3 aliphatic rings. The molecule has 2 aromatic heterocycles. The maximum absolute atomic E-state index is 14.0. The molecule has 3 aromatic rings. The first-order valence-electron chi connectivity index (χ1n) is 11.5. The molecule has 0 spiro atoms. The van der Waals surface area contributed by atoms with Crippen molar-refractivity contribution in [2.75, 3.05) is 17.4 Å². The number of nitriles is 1. The van der Waals surface area contributed by atoms with Gasteiger partial charge in [-0.25, -0.2) is 4.68 Å². The van der Waals surface area contributed by atoms with Gasteiger partial charge in [0.2, 0.25) is 6.79 Å². The number of amides is 1. The van der Waals surface area contributed by atoms with E-state index in [4.69, 9.17) is 9.47 Å². The molecule has 6 rings (SSSR count). The van der Waals surface area contributed by atoms with E-state index < -0.39 is 24.2 Å². The van der Waals surface area contributed by atoms with Crippen LogP contribution in [0.4, 0.5) is 24.0 Å². The summed E-state index contributed by atoms with van der Waals surface area (Å²) in [6, 6.07) is 5.90. The third kappa shape index (κ3) is 3.83. The number of carbonyl (C=O) groups excluding carboxylic acids is 1. The lowest BCUT2D eigenvalue weighted by molar-refractivity contribution is -0.173. The molecule has 12 heteroatoms. The van der Waals surface area contributed by atoms with Crippen molar-refractivity contribution in [1.82, 2.24) is 9.78 Å². The molecule has 0 saturated carbocycles. The molecule has 1 aromatic carbocycles. The van der Waals surface area contributed by atoms with E-state index in [1.807, 2.05) is 0 Å². The molecule has 4 heterocycles. The van der Waals surface area contributed by atoms with Gasteiger partial charge in [-0.2, -0.15) is 23.5 Å². The van der Waals surface area contributed by atoms with Gasteiger partial charge in [0.25, 0.3) is 5.91 Å². The third-order valence-electron chi connectivity index (χ3n) is 6.73. The molecule has 1 aliphatic carbocycles. The maximum Gasteiger partial charge on any atom is 0.410 e. The van der Waals surface area contributed by atoms with Gasteiger partial charge < -0.3 is 20.1 Å². The van der Waals surface area contributed by atoms with Crippen LogP contribution in [0.2, 0.25) is 0 Å². The number of nitrogens with one attached hydrogen (secondary N) is 2. The normalized spacial score (nSPS) is 20.2. The molecule has 0 fully saturated rings. The fourth-order valence-corrected chi connectivity index (χ4v) is 6.21. The monoisotopic (exact) mass is 515 g/mol. The van der Waals surface area contributed by atoms with Gasteiger partial charge in [0.05, 0.1) is 11.6 Å². The van der Waals surface area contributed by atoms with E-state index >= 15 is 0 Å². The number of hydrogen-bond donors (Lipinski definition) is 2. The standard InChI is InChI=1S/C24H20F3N5O3S/c25-24(26,27)20-8-15(12-5-6-17-18(7-12)35-11-34-17)29-21-9-16(31-32(20)21)22(33)30-23-14(10-28)13-3-1-2-4-19(13)36-23/h5-7,9,15,20,29H,1-4,8,11H2,(H,30,33)/t15-,20-/m1/s1. The zero-order chi connectivity index (χ0) is 25.0. The van der Waals surface area contributed by atoms with Crippen LogP contribution in [0.1, 0.15) is 63.4 Å². The number of alkyl halides is 3. The molecule has 36 heavy (non-hydrogen) atoms. The summed E-state index contributed by atoms with van der Waals surface area (Å²) >= 11 is 1.35. The summed E-state index contributed by atoms with van der Waals surface area (Å²) in [5.41, 5.74) is 1.84. The summed E-state index contributed by atoms with van der Waals surface area (Å²) in [5, 5.41) is 19.9. The Morgan fingerprint density at radius 3 is 2.83 bits per heavy atom. The van der Waals surface area contributed by atoms with Crippen molar-refractivity contribution in [1.29, 1.82) is 5.26 Å². The van der Waals surface area contributed by atoms with Gasteiger partial charge in [0, 0.05) is 17.4 Å². The molecular formula is C24H20F3N5O3S. The number of benzene rings is 1. The van der Waals surface area contributed by atoms with Crippen LogP contribution in [-0.4, -0.2) is 28.7 Å². The van der Waals surface area contributed by atoms with Gasteiger partial charge in [0.1, 0.15) is 16.9 Å². The molecule has 2 aliphatic heterocycles. The third-order valence-corrected chi connectivity index (χ3v) is 7.94. The second kappa shape index (κ2) is 8.44. The van der Waals surface area contributed by atoms with Crippen molar-refractivity contribution >= 4 is 28.1 Å². The van der Waals surface area contributed by atoms with Crippen LogP contribution in [0.5, 0.6) is 11.5 Å². The minimum atomic E-state index is -4.58. The number of carbonyl (C=O) groups is 1. The van der Waals surface area contributed by atoms with Crippen LogP contribution >= 0.6 is 11.3 Å². The van der Waals surface area contributed by atoms with E-state index in [1.54, 1.807) is 18.2 Å². The van der Waals surface area contributed by atoms with Crippen LogP contribution in [0, 0.1) is 11.3 Å². The fraction of sp³-hybridized carbons (Fsp3) is 0.375. The SMILES string of the molecule is N#Cc1c(NC(=O)c2cc3n(n2)[C@@H](C(F)(F)F)C[C@H](c2ccc4c(c2)OCO4)N3)sc2c1CCCC2. The van der Waals surface area contributed by atoms with Gasteiger partial charge in [0.15, 0.2) is 23.2 Å².